The molecule has 0 aromatic carbocycles. The minimum atomic E-state index is -1.21. The molecule has 3 N–H and O–H groups in total. The average molecular weight is 440 g/mol. The lowest BCUT2D eigenvalue weighted by molar-refractivity contribution is -0.146. The van der Waals surface area contributed by atoms with Crippen LogP contribution >= 0.6 is 0 Å². The molecule has 1 saturated carbocycles. The second-order valence-corrected chi connectivity index (χ2v) is 7.75. The third-order valence-electron chi connectivity index (χ3n) is 5.57. The number of hydrogen-bond donors (Lipinski definition) is 3. The summed E-state index contributed by atoms with van der Waals surface area (Å²) in [5.74, 6) is -4.77. The summed E-state index contributed by atoms with van der Waals surface area (Å²) in [7, 11) is 0. The zero-order valence-electron chi connectivity index (χ0n) is 16.8. The molecule has 12 heteroatoms. The number of esters is 1. The number of nitrogens with one attached hydrogen (secondary N) is 1. The van der Waals surface area contributed by atoms with Crippen molar-refractivity contribution in [2.45, 2.75) is 57.3 Å². The Kier molecular flexibility index (Phi) is 6.78. The first kappa shape index (κ1) is 22.5. The predicted molar refractivity (Wildman–Crippen MR) is 101 cm³/mol. The SMILES string of the molecule is CC(=O)OC[C@@H]1O[C@H](c2cn(OC3CCC3)c(=O)[nH]c2=O)[C@@H](CC(=O)O)[C@H]1CC(=O)O. The second-order valence-electron chi connectivity index (χ2n) is 7.75. The standard InChI is InChI=1S/C19H24N2O10/c1-9(22)29-8-14-11(5-15(23)24)12(6-16(25)26)17(30-14)13-7-21(19(28)20-18(13)27)31-10-3-2-4-10/h7,10-12,14,17H,2-6,8H2,1H3,(H,23,24)(H,25,26)(H,20,27,28)/t11-,12+,14+,17+/m1/s1. The Hall–Kier alpha value is -3.15. The van der Waals surface area contributed by atoms with Gasteiger partial charge in [-0.1, -0.05) is 0 Å². The lowest BCUT2D eigenvalue weighted by Gasteiger charge is -2.26. The molecule has 0 spiro atoms. The Bertz CT molecular complexity index is 963. The highest BCUT2D eigenvalue weighted by Crippen LogP contribution is 2.45. The monoisotopic (exact) mass is 440 g/mol. The van der Waals surface area contributed by atoms with Gasteiger partial charge in [0.25, 0.3) is 5.56 Å². The number of H-pyrrole nitrogens is 1. The van der Waals surface area contributed by atoms with Crippen molar-refractivity contribution in [2.24, 2.45) is 11.8 Å². The molecular weight excluding hydrogens is 416 g/mol. The van der Waals surface area contributed by atoms with Crippen molar-refractivity contribution in [3.8, 4) is 0 Å². The first-order chi connectivity index (χ1) is 14.7. The van der Waals surface area contributed by atoms with Gasteiger partial charge in [-0.15, -0.1) is 4.73 Å². The predicted octanol–water partition coefficient (Wildman–Crippen LogP) is -0.297. The fourth-order valence-electron chi connectivity index (χ4n) is 3.89. The van der Waals surface area contributed by atoms with E-state index in [0.717, 1.165) is 30.2 Å². The molecule has 2 aliphatic rings. The number of nitrogens with zero attached hydrogens (tertiary/aromatic N) is 1. The first-order valence-corrected chi connectivity index (χ1v) is 9.91. The molecule has 1 aromatic heterocycles. The number of carboxylic acids is 2. The molecule has 2 fully saturated rings. The lowest BCUT2D eigenvalue weighted by atomic mass is 9.81. The smallest absolute Gasteiger partial charge is 0.361 e. The summed E-state index contributed by atoms with van der Waals surface area (Å²) in [5.41, 5.74) is -1.64. The quantitative estimate of drug-likeness (QED) is 0.433. The van der Waals surface area contributed by atoms with Crippen molar-refractivity contribution < 1.29 is 38.9 Å². The van der Waals surface area contributed by atoms with Crippen molar-refractivity contribution >= 4 is 17.9 Å². The van der Waals surface area contributed by atoms with Crippen LogP contribution in [0.15, 0.2) is 15.8 Å². The zero-order valence-corrected chi connectivity index (χ0v) is 16.8. The average Bonchev–Trinajstić information content (AvgIpc) is 2.94. The van der Waals surface area contributed by atoms with Gasteiger partial charge in [-0.05, 0) is 19.3 Å². The van der Waals surface area contributed by atoms with Crippen LogP contribution < -0.4 is 16.1 Å². The van der Waals surface area contributed by atoms with Crippen molar-refractivity contribution in [3.63, 3.8) is 0 Å². The maximum absolute atomic E-state index is 12.5. The molecule has 1 saturated heterocycles. The lowest BCUT2D eigenvalue weighted by Crippen LogP contribution is -2.41. The zero-order chi connectivity index (χ0) is 22.7. The van der Waals surface area contributed by atoms with Crippen LogP contribution in [0, 0.1) is 11.8 Å². The van der Waals surface area contributed by atoms with E-state index in [1.807, 2.05) is 0 Å². The summed E-state index contributed by atoms with van der Waals surface area (Å²) in [4.78, 5) is 66.4. The molecule has 0 amide bonds. The number of carboxylic acid groups (broad SMARTS) is 2. The summed E-state index contributed by atoms with van der Waals surface area (Å²) in [6, 6.07) is 0. The van der Waals surface area contributed by atoms with Gasteiger partial charge in [0.2, 0.25) is 0 Å². The van der Waals surface area contributed by atoms with E-state index in [1.165, 1.54) is 6.92 Å². The van der Waals surface area contributed by atoms with E-state index in [2.05, 4.69) is 4.98 Å². The second kappa shape index (κ2) is 9.33. The molecule has 0 bridgehead atoms. The van der Waals surface area contributed by atoms with Crippen molar-refractivity contribution in [2.75, 3.05) is 6.61 Å². The Morgan fingerprint density at radius 1 is 1.16 bits per heavy atom. The largest absolute Gasteiger partial charge is 0.481 e. The van der Waals surface area contributed by atoms with E-state index in [9.17, 15) is 34.2 Å². The number of aromatic amines is 1. The summed E-state index contributed by atoms with van der Waals surface area (Å²) in [6.45, 7) is 0.877. The van der Waals surface area contributed by atoms with Crippen LogP contribution in [0.2, 0.25) is 0 Å². The van der Waals surface area contributed by atoms with E-state index in [4.69, 9.17) is 14.3 Å². The topological polar surface area (TPSA) is 174 Å². The van der Waals surface area contributed by atoms with Gasteiger partial charge in [-0.2, -0.15) is 0 Å². The summed E-state index contributed by atoms with van der Waals surface area (Å²) < 4.78 is 11.7. The van der Waals surface area contributed by atoms with E-state index < -0.39 is 66.0 Å². The Morgan fingerprint density at radius 2 is 1.81 bits per heavy atom. The maximum Gasteiger partial charge on any atom is 0.361 e. The number of ether oxygens (including phenoxy) is 2. The minimum Gasteiger partial charge on any atom is -0.481 e. The highest BCUT2D eigenvalue weighted by molar-refractivity contribution is 5.69. The molecule has 0 radical (unpaired) electrons. The van der Waals surface area contributed by atoms with Gasteiger partial charge >= 0.3 is 23.6 Å². The molecule has 0 unspecified atom stereocenters. The van der Waals surface area contributed by atoms with E-state index in [0.29, 0.717) is 0 Å². The van der Waals surface area contributed by atoms with Crippen LogP contribution in [0.3, 0.4) is 0 Å². The van der Waals surface area contributed by atoms with Gasteiger partial charge in [0.05, 0.1) is 36.8 Å². The molecule has 4 atom stereocenters. The van der Waals surface area contributed by atoms with Gasteiger partial charge in [-0.3, -0.25) is 24.2 Å². The van der Waals surface area contributed by atoms with Crippen molar-refractivity contribution in [1.82, 2.24) is 9.71 Å². The van der Waals surface area contributed by atoms with Crippen molar-refractivity contribution in [3.05, 3.63) is 32.6 Å². The molecule has 3 rings (SSSR count). The molecule has 1 aromatic rings. The summed E-state index contributed by atoms with van der Waals surface area (Å²) >= 11 is 0. The summed E-state index contributed by atoms with van der Waals surface area (Å²) in [5, 5.41) is 18.7. The number of aromatic nitrogens is 2. The van der Waals surface area contributed by atoms with Gasteiger partial charge < -0.3 is 24.5 Å². The summed E-state index contributed by atoms with van der Waals surface area (Å²) in [6.07, 6.45) is 0.441. The third kappa shape index (κ3) is 5.32. The Morgan fingerprint density at radius 3 is 2.35 bits per heavy atom. The van der Waals surface area contributed by atoms with E-state index >= 15 is 0 Å². The van der Waals surface area contributed by atoms with Gasteiger partial charge in [-0.25, -0.2) is 4.79 Å². The maximum atomic E-state index is 12.5. The Labute approximate surface area is 175 Å². The fourth-order valence-corrected chi connectivity index (χ4v) is 3.89. The van der Waals surface area contributed by atoms with Crippen LogP contribution in [0.5, 0.6) is 0 Å². The number of hydrogen-bond acceptors (Lipinski definition) is 8. The normalized spacial score (nSPS) is 25.6. The van der Waals surface area contributed by atoms with Gasteiger partial charge in [0.1, 0.15) is 12.7 Å². The molecule has 2 heterocycles. The van der Waals surface area contributed by atoms with Crippen LogP contribution in [0.4, 0.5) is 0 Å². The van der Waals surface area contributed by atoms with Crippen LogP contribution in [0.1, 0.15) is 50.7 Å². The van der Waals surface area contributed by atoms with Crippen LogP contribution in [0.25, 0.3) is 0 Å². The van der Waals surface area contributed by atoms with Gasteiger partial charge in [0, 0.05) is 18.8 Å². The molecule has 31 heavy (non-hydrogen) atoms. The van der Waals surface area contributed by atoms with E-state index in [-0.39, 0.29) is 18.3 Å². The molecule has 12 nitrogen and oxygen atoms in total. The van der Waals surface area contributed by atoms with Gasteiger partial charge in [0.15, 0.2) is 0 Å². The molecule has 170 valence electrons. The number of rotatable bonds is 9. The molecule has 1 aliphatic carbocycles. The third-order valence-corrected chi connectivity index (χ3v) is 5.57. The van der Waals surface area contributed by atoms with Crippen LogP contribution in [-0.2, 0) is 23.9 Å². The molecule has 1 aliphatic heterocycles. The fraction of sp³-hybridized carbons (Fsp3) is 0.632. The highest BCUT2D eigenvalue weighted by atomic mass is 16.7. The highest BCUT2D eigenvalue weighted by Gasteiger charge is 2.48. The Balaban J connectivity index is 1.97. The van der Waals surface area contributed by atoms with Crippen LogP contribution in [-0.4, -0.2) is 56.7 Å². The van der Waals surface area contributed by atoms with Crippen molar-refractivity contribution in [1.29, 1.82) is 0 Å². The number of carbonyl (C=O) groups is 3. The first-order valence-electron chi connectivity index (χ1n) is 9.91. The minimum absolute atomic E-state index is 0.0640. The number of carbonyl (C=O) groups excluding carboxylic acids is 1. The van der Waals surface area contributed by atoms with E-state index in [1.54, 1.807) is 0 Å². The molecular formula is C19H24N2O10. The number of aliphatic carboxylic acids is 2.